The molecule has 128 valence electrons. The van der Waals surface area contributed by atoms with E-state index in [2.05, 4.69) is 25.6 Å². The van der Waals surface area contributed by atoms with E-state index in [1.165, 1.54) is 11.2 Å². The van der Waals surface area contributed by atoms with Gasteiger partial charge in [-0.2, -0.15) is 0 Å². The molecule has 1 aliphatic heterocycles. The second kappa shape index (κ2) is 6.32. The van der Waals surface area contributed by atoms with Crippen LogP contribution in [0.25, 0.3) is 11.2 Å². The van der Waals surface area contributed by atoms with E-state index in [0.717, 1.165) is 11.5 Å². The molecule has 1 aromatic carbocycles. The van der Waals surface area contributed by atoms with E-state index in [1.807, 2.05) is 35.4 Å². The fourth-order valence-electron chi connectivity index (χ4n) is 2.81. The first-order valence-electron chi connectivity index (χ1n) is 7.86. The van der Waals surface area contributed by atoms with Gasteiger partial charge in [0, 0.05) is 30.7 Å². The van der Waals surface area contributed by atoms with Gasteiger partial charge in [0.25, 0.3) is 0 Å². The van der Waals surface area contributed by atoms with E-state index < -0.39 is 0 Å². The number of carbonyl (C=O) groups excluding carboxylic acids is 1. The summed E-state index contributed by atoms with van der Waals surface area (Å²) in [7, 11) is 1.79. The Balaban J connectivity index is 1.41. The number of carbonyl (C=O) groups is 1. The van der Waals surface area contributed by atoms with Crippen molar-refractivity contribution in [2.45, 2.75) is 4.90 Å². The maximum absolute atomic E-state index is 12.4. The largest absolute Gasteiger partial charge is 0.353 e. The van der Waals surface area contributed by atoms with Gasteiger partial charge in [-0.05, 0) is 30.5 Å². The number of fused-ring (bicyclic) bond motifs is 1. The first kappa shape index (κ1) is 15.8. The van der Waals surface area contributed by atoms with Crippen molar-refractivity contribution in [1.82, 2.24) is 25.0 Å². The summed E-state index contributed by atoms with van der Waals surface area (Å²) in [6.07, 6.45) is 3.53. The van der Waals surface area contributed by atoms with Gasteiger partial charge in [-0.25, -0.2) is 14.6 Å². The molecule has 1 fully saturated rings. The molecule has 1 N–H and O–H groups in total. The summed E-state index contributed by atoms with van der Waals surface area (Å²) in [5.41, 5.74) is 2.17. The van der Waals surface area contributed by atoms with Gasteiger partial charge >= 0.3 is 0 Å². The van der Waals surface area contributed by atoms with Crippen molar-refractivity contribution in [3.8, 4) is 0 Å². The number of hydrogen-bond donors (Lipinski definition) is 1. The number of rotatable bonds is 4. The number of benzene rings is 1. The van der Waals surface area contributed by atoms with Crippen LogP contribution in [0.1, 0.15) is 0 Å². The minimum Gasteiger partial charge on any atom is -0.353 e. The summed E-state index contributed by atoms with van der Waals surface area (Å²) < 4.78 is 1.61. The Hall–Kier alpha value is -2.68. The first-order valence-corrected chi connectivity index (χ1v) is 9.08. The molecule has 0 atom stereocenters. The Bertz CT molecular complexity index is 918. The summed E-state index contributed by atoms with van der Waals surface area (Å²) in [6.45, 7) is 1.22. The minimum absolute atomic E-state index is 0.0256. The molecule has 0 saturated carbocycles. The average molecular weight is 355 g/mol. The lowest BCUT2D eigenvalue weighted by Crippen LogP contribution is -2.52. The minimum atomic E-state index is -0.0677. The topological polar surface area (TPSA) is 88.8 Å². The van der Waals surface area contributed by atoms with Crippen LogP contribution in [-0.4, -0.2) is 50.2 Å². The van der Waals surface area contributed by atoms with Crippen molar-refractivity contribution in [2.75, 3.05) is 29.6 Å². The van der Waals surface area contributed by atoms with Crippen LogP contribution < -0.4 is 10.2 Å². The number of nitrogens with zero attached hydrogens (tertiary/aromatic N) is 6. The van der Waals surface area contributed by atoms with E-state index >= 15 is 0 Å². The number of hydrogen-bond acceptors (Lipinski definition) is 7. The molecule has 4 rings (SSSR count). The highest BCUT2D eigenvalue weighted by Gasteiger charge is 2.35. The molecule has 0 radical (unpaired) electrons. The van der Waals surface area contributed by atoms with Gasteiger partial charge in [-0.1, -0.05) is 5.21 Å². The molecule has 0 bridgehead atoms. The zero-order valence-corrected chi connectivity index (χ0v) is 14.7. The molecule has 3 aromatic rings. The van der Waals surface area contributed by atoms with Crippen LogP contribution >= 0.6 is 11.8 Å². The van der Waals surface area contributed by atoms with Gasteiger partial charge < -0.3 is 10.2 Å². The van der Waals surface area contributed by atoms with Crippen LogP contribution in [0.3, 0.4) is 0 Å². The molecule has 3 heterocycles. The fraction of sp³-hybridized carbons (Fsp3) is 0.312. The Morgan fingerprint density at radius 3 is 2.72 bits per heavy atom. The molecule has 0 unspecified atom stereocenters. The molecule has 1 amide bonds. The Morgan fingerprint density at radius 2 is 2.00 bits per heavy atom. The van der Waals surface area contributed by atoms with E-state index in [4.69, 9.17) is 0 Å². The third-order valence-electron chi connectivity index (χ3n) is 4.28. The van der Waals surface area contributed by atoms with Gasteiger partial charge in [0.15, 0.2) is 17.0 Å². The molecule has 8 nitrogen and oxygen atoms in total. The molecule has 1 aliphatic rings. The van der Waals surface area contributed by atoms with Crippen molar-refractivity contribution in [1.29, 1.82) is 0 Å². The summed E-state index contributed by atoms with van der Waals surface area (Å²) in [5.74, 6) is 0.686. The number of aryl methyl sites for hydroxylation is 1. The third-order valence-corrected chi connectivity index (χ3v) is 5.02. The van der Waals surface area contributed by atoms with Gasteiger partial charge in [-0.3, -0.25) is 4.79 Å². The number of aromatic nitrogens is 5. The number of thioether (sulfide) groups is 1. The van der Waals surface area contributed by atoms with Crippen LogP contribution in [0, 0.1) is 5.92 Å². The smallest absolute Gasteiger partial charge is 0.231 e. The van der Waals surface area contributed by atoms with Crippen molar-refractivity contribution in [3.63, 3.8) is 0 Å². The van der Waals surface area contributed by atoms with Crippen molar-refractivity contribution >= 4 is 40.3 Å². The lowest BCUT2D eigenvalue weighted by atomic mass is 9.99. The van der Waals surface area contributed by atoms with Gasteiger partial charge in [0.1, 0.15) is 6.33 Å². The lowest BCUT2D eigenvalue weighted by molar-refractivity contribution is -0.120. The average Bonchev–Trinajstić information content (AvgIpc) is 2.96. The van der Waals surface area contributed by atoms with Crippen LogP contribution in [0.2, 0.25) is 0 Å². The van der Waals surface area contributed by atoms with Crippen LogP contribution in [0.15, 0.2) is 35.5 Å². The standard InChI is InChI=1S/C16H17N7OS/c1-22-14-13(20-21-22)15(18-9-17-14)23-7-10(8-23)16(24)19-11-3-5-12(25-2)6-4-11/h3-6,9-10H,7-8H2,1-2H3,(H,19,24). The van der Waals surface area contributed by atoms with E-state index in [0.29, 0.717) is 24.3 Å². The number of nitrogens with one attached hydrogen (secondary N) is 1. The van der Waals surface area contributed by atoms with Gasteiger partial charge in [0.05, 0.1) is 5.92 Å². The molecule has 2 aromatic heterocycles. The molecule has 0 aliphatic carbocycles. The Morgan fingerprint density at radius 1 is 1.24 bits per heavy atom. The quantitative estimate of drug-likeness (QED) is 0.710. The summed E-state index contributed by atoms with van der Waals surface area (Å²) in [5, 5.41) is 11.1. The van der Waals surface area contributed by atoms with Crippen LogP contribution in [-0.2, 0) is 11.8 Å². The second-order valence-corrected chi connectivity index (χ2v) is 6.78. The lowest BCUT2D eigenvalue weighted by Gasteiger charge is -2.38. The zero-order valence-electron chi connectivity index (χ0n) is 13.9. The predicted molar refractivity (Wildman–Crippen MR) is 96.7 cm³/mol. The highest BCUT2D eigenvalue weighted by molar-refractivity contribution is 7.98. The van der Waals surface area contributed by atoms with Crippen molar-refractivity contribution in [3.05, 3.63) is 30.6 Å². The monoisotopic (exact) mass is 355 g/mol. The molecule has 9 heteroatoms. The van der Waals surface area contributed by atoms with Crippen molar-refractivity contribution < 1.29 is 4.79 Å². The normalized spacial score (nSPS) is 14.6. The SMILES string of the molecule is CSc1ccc(NC(=O)C2CN(c3ncnc4c3nnn4C)C2)cc1. The second-order valence-electron chi connectivity index (χ2n) is 5.90. The summed E-state index contributed by atoms with van der Waals surface area (Å²) >= 11 is 1.67. The summed E-state index contributed by atoms with van der Waals surface area (Å²) in [6, 6.07) is 7.85. The van der Waals surface area contributed by atoms with E-state index in [1.54, 1.807) is 23.5 Å². The Labute approximate surface area is 148 Å². The van der Waals surface area contributed by atoms with E-state index in [-0.39, 0.29) is 11.8 Å². The van der Waals surface area contributed by atoms with E-state index in [9.17, 15) is 4.79 Å². The van der Waals surface area contributed by atoms with Crippen LogP contribution in [0.5, 0.6) is 0 Å². The molecule has 0 spiro atoms. The molecular formula is C16H17N7OS. The zero-order chi connectivity index (χ0) is 17.4. The third kappa shape index (κ3) is 2.91. The maximum Gasteiger partial charge on any atom is 0.231 e. The highest BCUT2D eigenvalue weighted by Crippen LogP contribution is 2.28. The number of amides is 1. The molecule has 25 heavy (non-hydrogen) atoms. The Kier molecular flexibility index (Phi) is 4.00. The fourth-order valence-corrected chi connectivity index (χ4v) is 3.22. The molecule has 1 saturated heterocycles. The van der Waals surface area contributed by atoms with Crippen LogP contribution in [0.4, 0.5) is 11.5 Å². The van der Waals surface area contributed by atoms with Gasteiger partial charge in [-0.15, -0.1) is 16.9 Å². The van der Waals surface area contributed by atoms with Gasteiger partial charge in [0.2, 0.25) is 5.91 Å². The predicted octanol–water partition coefficient (Wildman–Crippen LogP) is 1.56. The first-order chi connectivity index (χ1) is 12.2. The maximum atomic E-state index is 12.4. The summed E-state index contributed by atoms with van der Waals surface area (Å²) in [4.78, 5) is 24.1. The van der Waals surface area contributed by atoms with Crippen molar-refractivity contribution in [2.24, 2.45) is 13.0 Å². The molecular weight excluding hydrogens is 338 g/mol. The number of anilines is 2. The highest BCUT2D eigenvalue weighted by atomic mass is 32.2.